The van der Waals surface area contributed by atoms with Crippen molar-refractivity contribution >= 4 is 51.2 Å². The van der Waals surface area contributed by atoms with Crippen LogP contribution in [0.2, 0.25) is 0 Å². The number of likely N-dealkylation sites (tertiary alicyclic amines) is 1. The van der Waals surface area contributed by atoms with E-state index in [2.05, 4.69) is 6.07 Å². The van der Waals surface area contributed by atoms with Crippen LogP contribution in [-0.2, 0) is 37.4 Å². The van der Waals surface area contributed by atoms with E-state index in [1.807, 2.05) is 41.3 Å². The van der Waals surface area contributed by atoms with Crippen LogP contribution in [0, 0.1) is 0 Å². The molecule has 1 unspecified atom stereocenters. The Kier molecular flexibility index (Phi) is 16.3. The van der Waals surface area contributed by atoms with E-state index >= 15 is 4.79 Å². The molecule has 0 aromatic heterocycles. The van der Waals surface area contributed by atoms with E-state index < -0.39 is 27.9 Å². The molecule has 0 aliphatic carbocycles. The second kappa shape index (κ2) is 22.8. The predicted octanol–water partition coefficient (Wildman–Crippen LogP) is 5.45. The third-order valence-electron chi connectivity index (χ3n) is 14.0. The molecule has 8 rings (SSSR count). The summed E-state index contributed by atoms with van der Waals surface area (Å²) in [5, 5.41) is 18.4. The van der Waals surface area contributed by atoms with E-state index in [0.717, 1.165) is 40.7 Å². The summed E-state index contributed by atoms with van der Waals surface area (Å²) in [6.07, 6.45) is 3.26. The van der Waals surface area contributed by atoms with E-state index in [4.69, 9.17) is 9.47 Å². The summed E-state index contributed by atoms with van der Waals surface area (Å²) in [6, 6.07) is 26.6. The number of carbonyl (C=O) groups is 5. The molecule has 0 bridgehead atoms. The second-order valence-corrected chi connectivity index (χ2v) is 20.6. The van der Waals surface area contributed by atoms with Gasteiger partial charge in [-0.05, 0) is 114 Å². The molecule has 0 saturated carbocycles. The summed E-state index contributed by atoms with van der Waals surface area (Å²) < 4.78 is 38.7. The number of hydrogen-bond acceptors (Lipinski definition) is 11. The molecule has 0 spiro atoms. The Morgan fingerprint density at radius 3 is 1.68 bits per heavy atom. The number of rotatable bonds is 12. The van der Waals surface area contributed by atoms with Crippen LogP contribution >= 0.6 is 0 Å². The van der Waals surface area contributed by atoms with Gasteiger partial charge in [0.15, 0.2) is 0 Å². The molecule has 20 heteroatoms. The molecular formula is C51H62N8O11S. The number of hydrogen-bond donors (Lipinski definition) is 4. The zero-order valence-electron chi connectivity index (χ0n) is 40.1. The van der Waals surface area contributed by atoms with Gasteiger partial charge in [0.25, 0.3) is 11.8 Å². The van der Waals surface area contributed by atoms with Crippen LogP contribution in [0.5, 0.6) is 0 Å². The number of urea groups is 2. The monoisotopic (exact) mass is 994 g/mol. The third kappa shape index (κ3) is 12.4. The fraction of sp³-hybridized carbons (Fsp3) is 0.431. The number of anilines is 2. The highest BCUT2D eigenvalue weighted by Gasteiger charge is 2.34. The molecule has 0 radical (unpaired) electrons. The molecule has 4 fully saturated rings. The topological polar surface area (TPSA) is 222 Å². The highest BCUT2D eigenvalue weighted by atomic mass is 32.2. The number of sulfonamides is 1. The van der Waals surface area contributed by atoms with Crippen LogP contribution in [0.4, 0.5) is 21.0 Å². The smallest absolute Gasteiger partial charge is 0.324 e. The van der Waals surface area contributed by atoms with Gasteiger partial charge in [-0.3, -0.25) is 34.6 Å². The largest absolute Gasteiger partial charge is 0.378 e. The first-order valence-electron chi connectivity index (χ1n) is 24.0. The number of nitrogens with one attached hydrogen (secondary N) is 2. The van der Waals surface area contributed by atoms with Crippen molar-refractivity contribution < 1.29 is 52.3 Å². The van der Waals surface area contributed by atoms with Crippen molar-refractivity contribution in [2.24, 2.45) is 0 Å². The van der Waals surface area contributed by atoms with Gasteiger partial charge < -0.3 is 24.2 Å². The summed E-state index contributed by atoms with van der Waals surface area (Å²) in [5.41, 5.74) is 9.21. The van der Waals surface area contributed by atoms with Crippen LogP contribution < -0.4 is 20.8 Å². The van der Waals surface area contributed by atoms with Crippen molar-refractivity contribution in [2.75, 3.05) is 88.2 Å². The highest BCUT2D eigenvalue weighted by Crippen LogP contribution is 2.37. The molecule has 4 aliphatic rings. The molecule has 1 atom stereocenters. The van der Waals surface area contributed by atoms with Gasteiger partial charge >= 0.3 is 12.1 Å². The lowest BCUT2D eigenvalue weighted by Gasteiger charge is -2.38. The van der Waals surface area contributed by atoms with Gasteiger partial charge in [-0.1, -0.05) is 42.5 Å². The van der Waals surface area contributed by atoms with Gasteiger partial charge in [-0.25, -0.2) is 33.3 Å². The number of amides is 7. The minimum atomic E-state index is -3.40. The molecule has 4 heterocycles. The van der Waals surface area contributed by atoms with Gasteiger partial charge in [-0.2, -0.15) is 0 Å². The predicted molar refractivity (Wildman–Crippen MR) is 263 cm³/mol. The lowest BCUT2D eigenvalue weighted by atomic mass is 9.88. The Balaban J connectivity index is 1.13. The maximum absolute atomic E-state index is 15.2. The Labute approximate surface area is 413 Å². The molecular weight excluding hydrogens is 933 g/mol. The minimum absolute atomic E-state index is 0.0517. The number of carbonyl (C=O) groups excluding carboxylic acids is 5. The number of ether oxygens (including phenoxy) is 2. The van der Waals surface area contributed by atoms with Gasteiger partial charge in [0, 0.05) is 75.2 Å². The number of morpholine rings is 2. The molecule has 71 heavy (non-hydrogen) atoms. The fourth-order valence-corrected chi connectivity index (χ4v) is 10.8. The van der Waals surface area contributed by atoms with Gasteiger partial charge in [0.05, 0.1) is 45.7 Å². The maximum atomic E-state index is 15.2. The Bertz CT molecular complexity index is 2670. The minimum Gasteiger partial charge on any atom is -0.378 e. The van der Waals surface area contributed by atoms with Crippen LogP contribution in [0.3, 0.4) is 0 Å². The van der Waals surface area contributed by atoms with Crippen molar-refractivity contribution in [3.05, 3.63) is 130 Å². The summed E-state index contributed by atoms with van der Waals surface area (Å²) in [5.74, 6) is -1.14. The molecule has 378 valence electrons. The normalized spacial score (nSPS) is 18.4. The van der Waals surface area contributed by atoms with Gasteiger partial charge in [-0.15, -0.1) is 0 Å². The molecule has 4 aromatic rings. The maximum Gasteiger partial charge on any atom is 0.324 e. The average Bonchev–Trinajstić information content (AvgIpc) is 3.41. The summed E-state index contributed by atoms with van der Waals surface area (Å²) in [6.45, 7) is 6.00. The average molecular weight is 995 g/mol. The molecule has 4 aliphatic heterocycles. The van der Waals surface area contributed by atoms with E-state index in [1.165, 1.54) is 10.6 Å². The van der Waals surface area contributed by atoms with Crippen molar-refractivity contribution in [1.82, 2.24) is 30.0 Å². The summed E-state index contributed by atoms with van der Waals surface area (Å²) in [4.78, 5) is 75.1. The van der Waals surface area contributed by atoms with Crippen molar-refractivity contribution in [3.8, 4) is 0 Å². The zero-order chi connectivity index (χ0) is 50.2. The first kappa shape index (κ1) is 51.0. The molecule has 7 amide bonds. The Hall–Kier alpha value is -6.42. The molecule has 19 nitrogen and oxygen atoms in total. The number of piperidine rings is 2. The lowest BCUT2D eigenvalue weighted by molar-refractivity contribution is -0.129. The highest BCUT2D eigenvalue weighted by molar-refractivity contribution is 7.88. The van der Waals surface area contributed by atoms with Crippen LogP contribution in [0.25, 0.3) is 0 Å². The molecule has 4 saturated heterocycles. The van der Waals surface area contributed by atoms with E-state index in [-0.39, 0.29) is 73.7 Å². The van der Waals surface area contributed by atoms with Crippen molar-refractivity contribution in [3.63, 3.8) is 0 Å². The molecule has 4 aromatic carbocycles. The zero-order valence-corrected chi connectivity index (χ0v) is 40.9. The van der Waals surface area contributed by atoms with E-state index in [9.17, 15) is 38.0 Å². The van der Waals surface area contributed by atoms with Crippen LogP contribution in [0.15, 0.2) is 91.0 Å². The van der Waals surface area contributed by atoms with Crippen molar-refractivity contribution in [2.45, 2.75) is 63.6 Å². The third-order valence-corrected chi connectivity index (χ3v) is 15.3. The summed E-state index contributed by atoms with van der Waals surface area (Å²) in [7, 11) is -3.40. The summed E-state index contributed by atoms with van der Waals surface area (Å²) >= 11 is 0. The fourth-order valence-electron chi connectivity index (χ4n) is 9.91. The van der Waals surface area contributed by atoms with Gasteiger partial charge in [0.2, 0.25) is 15.9 Å². The van der Waals surface area contributed by atoms with E-state index in [0.29, 0.717) is 76.7 Å². The second-order valence-electron chi connectivity index (χ2n) is 18.6. The van der Waals surface area contributed by atoms with Crippen LogP contribution in [-0.4, -0.2) is 146 Å². The first-order valence-corrected chi connectivity index (χ1v) is 25.9. The number of hydroxylamine groups is 2. The SMILES string of the molecule is CC(=O)N1CCC(c2cccc(N(Cc3ccc(C(=O)NO)cc3)C(=O)N3CCOC(c4cc(C5CCN(S(C)(=O)=O)CC5)cc(N(Cc5ccc(C(=O)NO)cc5)C(=O)N5CCOCC5)c4)C3)c2)CC1. The van der Waals surface area contributed by atoms with Gasteiger partial charge in [0.1, 0.15) is 6.10 Å². The Morgan fingerprint density at radius 1 is 0.606 bits per heavy atom. The number of nitrogens with zero attached hydrogens (tertiary/aromatic N) is 6. The quantitative estimate of drug-likeness (QED) is 0.103. The van der Waals surface area contributed by atoms with Crippen molar-refractivity contribution in [1.29, 1.82) is 0 Å². The molecule has 4 N–H and O–H groups in total. The first-order chi connectivity index (χ1) is 34.2. The standard InChI is InChI=1S/C51H62N8O11S/c1-35(60)54-18-14-38(15-19-54)42-4-3-5-45(29-42)58(32-36-6-10-40(11-7-36)48(61)52-65)51(64)56-24-27-70-47(34-56)44-28-43(39-16-20-57(21-17-39)71(2,67)68)30-46(31-44)59(50(63)55-22-25-69-26-23-55)33-37-8-12-41(13-9-37)49(62)53-66/h3-13,28-31,38-39,47,65-66H,14-27,32-34H2,1-2H3,(H,52,61)(H,53,62). The lowest BCUT2D eigenvalue weighted by Crippen LogP contribution is -2.49. The Morgan fingerprint density at radius 2 is 1.11 bits per heavy atom. The number of benzene rings is 4. The van der Waals surface area contributed by atoms with E-state index in [1.54, 1.807) is 86.0 Å². The van der Waals surface area contributed by atoms with Crippen LogP contribution in [0.1, 0.15) is 99.1 Å².